The van der Waals surface area contributed by atoms with Gasteiger partial charge in [-0.2, -0.15) is 5.10 Å². The molecule has 6 nitrogen and oxygen atoms in total. The van der Waals surface area contributed by atoms with Gasteiger partial charge in [-0.25, -0.2) is 4.39 Å². The lowest BCUT2D eigenvalue weighted by molar-refractivity contribution is 0.627. The normalized spacial score (nSPS) is 11.2. The van der Waals surface area contributed by atoms with E-state index in [9.17, 15) is 4.39 Å². The maximum atomic E-state index is 13.0. The van der Waals surface area contributed by atoms with Gasteiger partial charge in [0.25, 0.3) is 0 Å². The number of benzene rings is 1. The molecule has 0 aliphatic heterocycles. The Bertz CT molecular complexity index is 559. The largest absolute Gasteiger partial charge is 0.382 e. The average molecular weight is 299 g/mol. The number of halogens is 2. The Morgan fingerprint density at radius 2 is 2.06 bits per heavy atom. The molecule has 0 unspecified atom stereocenters. The number of H-pyrrole nitrogens is 1. The van der Waals surface area contributed by atoms with E-state index in [0.29, 0.717) is 10.2 Å². The highest BCUT2D eigenvalue weighted by Gasteiger charge is 2.07. The van der Waals surface area contributed by atoms with Gasteiger partial charge in [0.1, 0.15) is 17.3 Å². The Morgan fingerprint density at radius 3 is 2.71 bits per heavy atom. The zero-order chi connectivity index (χ0) is 12.4. The van der Waals surface area contributed by atoms with Crippen molar-refractivity contribution < 1.29 is 4.39 Å². The average Bonchev–Trinajstić information content (AvgIpc) is 2.61. The molecule has 5 N–H and O–H groups in total. The lowest BCUT2D eigenvalue weighted by atomic mass is 10.3. The van der Waals surface area contributed by atoms with Crippen molar-refractivity contribution in [3.63, 3.8) is 0 Å². The first-order chi connectivity index (χ1) is 8.08. The highest BCUT2D eigenvalue weighted by Crippen LogP contribution is 2.31. The number of anilines is 2. The molecule has 0 radical (unpaired) electrons. The topological polar surface area (TPSA) is 105 Å². The van der Waals surface area contributed by atoms with Gasteiger partial charge in [-0.3, -0.25) is 5.10 Å². The number of azo groups is 1. The number of aromatic amines is 1. The molecule has 1 aromatic heterocycles. The number of rotatable bonds is 2. The third-order valence-corrected chi connectivity index (χ3v) is 2.63. The molecule has 8 heteroatoms. The molecule has 17 heavy (non-hydrogen) atoms. The molecule has 0 aliphatic rings. The number of nitrogen functional groups attached to an aromatic ring is 2. The van der Waals surface area contributed by atoms with Crippen LogP contribution < -0.4 is 11.5 Å². The summed E-state index contributed by atoms with van der Waals surface area (Å²) in [6.45, 7) is 0. The summed E-state index contributed by atoms with van der Waals surface area (Å²) in [5.41, 5.74) is 11.6. The minimum Gasteiger partial charge on any atom is -0.382 e. The van der Waals surface area contributed by atoms with E-state index in [0.717, 1.165) is 0 Å². The van der Waals surface area contributed by atoms with Crippen molar-refractivity contribution in [2.45, 2.75) is 0 Å². The van der Waals surface area contributed by atoms with Crippen LogP contribution in [0.25, 0.3) is 0 Å². The van der Waals surface area contributed by atoms with Crippen LogP contribution in [0.4, 0.5) is 27.4 Å². The number of nitrogens with one attached hydrogen (secondary N) is 1. The van der Waals surface area contributed by atoms with E-state index in [1.807, 2.05) is 0 Å². The van der Waals surface area contributed by atoms with Crippen molar-refractivity contribution in [2.24, 2.45) is 10.2 Å². The zero-order valence-corrected chi connectivity index (χ0v) is 10.1. The van der Waals surface area contributed by atoms with E-state index in [2.05, 4.69) is 36.4 Å². The highest BCUT2D eigenvalue weighted by atomic mass is 79.9. The van der Waals surface area contributed by atoms with Gasteiger partial charge in [0.2, 0.25) is 0 Å². The van der Waals surface area contributed by atoms with Crippen molar-refractivity contribution in [2.75, 3.05) is 11.5 Å². The van der Waals surface area contributed by atoms with Crippen LogP contribution in [0, 0.1) is 5.82 Å². The van der Waals surface area contributed by atoms with Crippen LogP contribution in [0.3, 0.4) is 0 Å². The molecule has 0 aliphatic carbocycles. The Balaban J connectivity index is 2.35. The first kappa shape index (κ1) is 11.5. The molecule has 0 atom stereocenters. The van der Waals surface area contributed by atoms with Crippen molar-refractivity contribution in [3.05, 3.63) is 28.5 Å². The molecule has 0 spiro atoms. The SMILES string of the molecule is Nc1n[nH]c(N)c1N=Nc1cc(F)ccc1Br. The number of nitrogens with two attached hydrogens (primary N) is 2. The van der Waals surface area contributed by atoms with E-state index in [1.165, 1.54) is 18.2 Å². The Labute approximate surface area is 104 Å². The molecule has 1 aromatic carbocycles. The molecule has 88 valence electrons. The van der Waals surface area contributed by atoms with Crippen molar-refractivity contribution in [1.82, 2.24) is 10.2 Å². The van der Waals surface area contributed by atoms with E-state index < -0.39 is 5.82 Å². The molecule has 0 amide bonds. The maximum absolute atomic E-state index is 13.0. The van der Waals surface area contributed by atoms with E-state index in [-0.39, 0.29) is 17.3 Å². The van der Waals surface area contributed by atoms with Crippen molar-refractivity contribution in [1.29, 1.82) is 0 Å². The molecule has 1 heterocycles. The van der Waals surface area contributed by atoms with Gasteiger partial charge < -0.3 is 11.5 Å². The van der Waals surface area contributed by atoms with Crippen LogP contribution in [-0.2, 0) is 0 Å². The second kappa shape index (κ2) is 4.50. The number of nitrogens with zero attached hydrogens (tertiary/aromatic N) is 3. The number of aromatic nitrogens is 2. The Morgan fingerprint density at radius 1 is 1.29 bits per heavy atom. The summed E-state index contributed by atoms with van der Waals surface area (Å²) < 4.78 is 13.6. The van der Waals surface area contributed by atoms with Crippen LogP contribution in [0.2, 0.25) is 0 Å². The smallest absolute Gasteiger partial charge is 0.175 e. The van der Waals surface area contributed by atoms with Gasteiger partial charge in [0.05, 0.1) is 0 Å². The Kier molecular flexibility index (Phi) is 3.05. The minimum atomic E-state index is -0.407. The van der Waals surface area contributed by atoms with Gasteiger partial charge in [-0.15, -0.1) is 10.2 Å². The first-order valence-corrected chi connectivity index (χ1v) is 5.33. The summed E-state index contributed by atoms with van der Waals surface area (Å²) in [6.07, 6.45) is 0. The van der Waals surface area contributed by atoms with Crippen LogP contribution in [-0.4, -0.2) is 10.2 Å². The van der Waals surface area contributed by atoms with Gasteiger partial charge >= 0.3 is 0 Å². The minimum absolute atomic E-state index is 0.138. The molecular weight excluding hydrogens is 291 g/mol. The zero-order valence-electron chi connectivity index (χ0n) is 8.48. The van der Waals surface area contributed by atoms with Crippen LogP contribution >= 0.6 is 15.9 Å². The monoisotopic (exact) mass is 298 g/mol. The van der Waals surface area contributed by atoms with Crippen LogP contribution in [0.1, 0.15) is 0 Å². The number of hydrogen-bond donors (Lipinski definition) is 3. The predicted octanol–water partition coefficient (Wildman–Crippen LogP) is 2.89. The van der Waals surface area contributed by atoms with Crippen LogP contribution in [0.15, 0.2) is 32.9 Å². The third kappa shape index (κ3) is 2.41. The number of hydrogen-bond acceptors (Lipinski definition) is 5. The van der Waals surface area contributed by atoms with Gasteiger partial charge in [-0.1, -0.05) is 0 Å². The third-order valence-electron chi connectivity index (χ3n) is 1.96. The fourth-order valence-corrected chi connectivity index (χ4v) is 1.46. The molecule has 0 saturated heterocycles. The summed E-state index contributed by atoms with van der Waals surface area (Å²) in [5, 5.41) is 13.8. The van der Waals surface area contributed by atoms with E-state index in [1.54, 1.807) is 0 Å². The molecular formula is C9H8BrFN6. The molecule has 0 bridgehead atoms. The van der Waals surface area contributed by atoms with Crippen LogP contribution in [0.5, 0.6) is 0 Å². The second-order valence-corrected chi connectivity index (χ2v) is 4.02. The first-order valence-electron chi connectivity index (χ1n) is 4.54. The summed E-state index contributed by atoms with van der Waals surface area (Å²) in [6, 6.07) is 4.08. The maximum Gasteiger partial charge on any atom is 0.175 e. The van der Waals surface area contributed by atoms with Gasteiger partial charge in [0, 0.05) is 10.5 Å². The molecule has 2 rings (SSSR count). The lowest BCUT2D eigenvalue weighted by Crippen LogP contribution is -1.84. The van der Waals surface area contributed by atoms with Gasteiger partial charge in [-0.05, 0) is 28.1 Å². The molecule has 0 saturated carbocycles. The van der Waals surface area contributed by atoms with E-state index in [4.69, 9.17) is 11.5 Å². The fraction of sp³-hybridized carbons (Fsp3) is 0. The molecule has 0 fully saturated rings. The van der Waals surface area contributed by atoms with Crippen molar-refractivity contribution in [3.8, 4) is 0 Å². The summed E-state index contributed by atoms with van der Waals surface area (Å²) in [4.78, 5) is 0. The van der Waals surface area contributed by atoms with E-state index >= 15 is 0 Å². The predicted molar refractivity (Wildman–Crippen MR) is 65.7 cm³/mol. The quantitative estimate of drug-likeness (QED) is 0.742. The van der Waals surface area contributed by atoms with Gasteiger partial charge in [0.15, 0.2) is 11.5 Å². The summed E-state index contributed by atoms with van der Waals surface area (Å²) in [5.74, 6) is -0.0622. The Hall–Kier alpha value is -1.96. The summed E-state index contributed by atoms with van der Waals surface area (Å²) >= 11 is 3.23. The summed E-state index contributed by atoms with van der Waals surface area (Å²) in [7, 11) is 0. The standard InChI is InChI=1S/C9H8BrFN6/c10-5-2-1-4(11)3-6(5)14-15-7-8(12)16-17-9(7)13/h1-3H,(H5,12,13,16,17). The highest BCUT2D eigenvalue weighted by molar-refractivity contribution is 9.10. The fourth-order valence-electron chi connectivity index (χ4n) is 1.14. The van der Waals surface area contributed by atoms with Crippen molar-refractivity contribution >= 4 is 38.9 Å². The second-order valence-electron chi connectivity index (χ2n) is 3.17. The lowest BCUT2D eigenvalue weighted by Gasteiger charge is -1.96. The molecule has 2 aromatic rings.